The van der Waals surface area contributed by atoms with E-state index in [1.165, 1.54) is 0 Å². The van der Waals surface area contributed by atoms with E-state index in [0.717, 1.165) is 39.0 Å². The van der Waals surface area contributed by atoms with Gasteiger partial charge in [0.2, 0.25) is 5.91 Å². The molecule has 0 radical (unpaired) electrons. The molecule has 0 saturated carbocycles. The Bertz CT molecular complexity index is 220. The fourth-order valence-electron chi connectivity index (χ4n) is 1.86. The van der Waals surface area contributed by atoms with E-state index < -0.39 is 0 Å². The average Bonchev–Trinajstić information content (AvgIpc) is 2.25. The maximum absolute atomic E-state index is 11.6. The predicted molar refractivity (Wildman–Crippen MR) is 65.2 cm³/mol. The Kier molecular flexibility index (Phi) is 5.26. The summed E-state index contributed by atoms with van der Waals surface area (Å²) in [4.78, 5) is 11.6. The van der Waals surface area contributed by atoms with Gasteiger partial charge in [-0.2, -0.15) is 0 Å². The summed E-state index contributed by atoms with van der Waals surface area (Å²) in [5, 5.41) is 3.05. The number of ether oxygens (including phenoxy) is 1. The number of hydrogen-bond donors (Lipinski definition) is 1. The minimum absolute atomic E-state index is 0.196. The highest BCUT2D eigenvalue weighted by molar-refractivity contribution is 5.75. The van der Waals surface area contributed by atoms with Gasteiger partial charge in [0.05, 0.1) is 0 Å². The minimum atomic E-state index is 0.196. The van der Waals surface area contributed by atoms with Crippen molar-refractivity contribution in [3.05, 3.63) is 0 Å². The van der Waals surface area contributed by atoms with E-state index in [0.29, 0.717) is 12.3 Å². The van der Waals surface area contributed by atoms with Crippen LogP contribution in [-0.2, 0) is 9.53 Å². The van der Waals surface area contributed by atoms with Crippen molar-refractivity contribution < 1.29 is 9.53 Å². The second kappa shape index (κ2) is 6.24. The van der Waals surface area contributed by atoms with Crippen LogP contribution in [0.2, 0.25) is 0 Å². The van der Waals surface area contributed by atoms with Gasteiger partial charge in [0.15, 0.2) is 0 Å². The first-order chi connectivity index (χ1) is 7.52. The first-order valence-electron chi connectivity index (χ1n) is 6.36. The molecule has 1 aliphatic heterocycles. The summed E-state index contributed by atoms with van der Waals surface area (Å²) in [5.74, 6) is 0.797. The summed E-state index contributed by atoms with van der Waals surface area (Å²) >= 11 is 0. The third-order valence-corrected chi connectivity index (χ3v) is 3.36. The van der Waals surface area contributed by atoms with Gasteiger partial charge in [-0.1, -0.05) is 20.8 Å². The quantitative estimate of drug-likeness (QED) is 0.783. The molecule has 1 aliphatic rings. The molecule has 0 bridgehead atoms. The SMILES string of the molecule is CC(C)CCC(=O)NCC1(C)CCOCC1. The lowest BCUT2D eigenvalue weighted by Crippen LogP contribution is -2.39. The largest absolute Gasteiger partial charge is 0.381 e. The first-order valence-corrected chi connectivity index (χ1v) is 6.36. The van der Waals surface area contributed by atoms with Gasteiger partial charge in [-0.25, -0.2) is 0 Å². The summed E-state index contributed by atoms with van der Waals surface area (Å²) in [6, 6.07) is 0. The Labute approximate surface area is 98.9 Å². The molecule has 1 heterocycles. The van der Waals surface area contributed by atoms with Crippen molar-refractivity contribution in [3.8, 4) is 0 Å². The van der Waals surface area contributed by atoms with Gasteiger partial charge in [0.1, 0.15) is 0 Å². The number of amides is 1. The molecule has 16 heavy (non-hydrogen) atoms. The van der Waals surface area contributed by atoms with Crippen LogP contribution in [-0.4, -0.2) is 25.7 Å². The summed E-state index contributed by atoms with van der Waals surface area (Å²) < 4.78 is 5.34. The Balaban J connectivity index is 2.19. The molecule has 94 valence electrons. The van der Waals surface area contributed by atoms with Crippen LogP contribution in [0.5, 0.6) is 0 Å². The molecule has 1 N–H and O–H groups in total. The molecule has 1 fully saturated rings. The van der Waals surface area contributed by atoms with E-state index in [9.17, 15) is 4.79 Å². The van der Waals surface area contributed by atoms with Crippen LogP contribution < -0.4 is 5.32 Å². The summed E-state index contributed by atoms with van der Waals surface area (Å²) in [6.45, 7) is 8.99. The Morgan fingerprint density at radius 2 is 2.00 bits per heavy atom. The van der Waals surface area contributed by atoms with E-state index in [-0.39, 0.29) is 11.3 Å². The Hall–Kier alpha value is -0.570. The molecule has 0 unspecified atom stereocenters. The fraction of sp³-hybridized carbons (Fsp3) is 0.923. The molecule has 1 saturated heterocycles. The van der Waals surface area contributed by atoms with Gasteiger partial charge in [-0.3, -0.25) is 4.79 Å². The Morgan fingerprint density at radius 1 is 1.38 bits per heavy atom. The normalized spacial score (nSPS) is 19.8. The zero-order valence-corrected chi connectivity index (χ0v) is 10.8. The van der Waals surface area contributed by atoms with Crippen molar-refractivity contribution in [2.75, 3.05) is 19.8 Å². The van der Waals surface area contributed by atoms with Crippen molar-refractivity contribution >= 4 is 5.91 Å². The maximum atomic E-state index is 11.6. The highest BCUT2D eigenvalue weighted by Gasteiger charge is 2.27. The van der Waals surface area contributed by atoms with Crippen molar-refractivity contribution in [2.24, 2.45) is 11.3 Å². The number of carbonyl (C=O) groups excluding carboxylic acids is 1. The molecule has 0 spiro atoms. The summed E-state index contributed by atoms with van der Waals surface area (Å²) in [7, 11) is 0. The zero-order chi connectivity index (χ0) is 12.0. The highest BCUT2D eigenvalue weighted by atomic mass is 16.5. The smallest absolute Gasteiger partial charge is 0.220 e. The van der Waals surface area contributed by atoms with Crippen LogP contribution in [0.15, 0.2) is 0 Å². The van der Waals surface area contributed by atoms with Gasteiger partial charge in [-0.05, 0) is 30.6 Å². The van der Waals surface area contributed by atoms with Crippen LogP contribution in [0, 0.1) is 11.3 Å². The number of carbonyl (C=O) groups is 1. The van der Waals surface area contributed by atoms with Crippen LogP contribution in [0.1, 0.15) is 46.5 Å². The molecular formula is C13H25NO2. The van der Waals surface area contributed by atoms with Gasteiger partial charge < -0.3 is 10.1 Å². The molecule has 3 nitrogen and oxygen atoms in total. The monoisotopic (exact) mass is 227 g/mol. The van der Waals surface area contributed by atoms with E-state index in [1.54, 1.807) is 0 Å². The van der Waals surface area contributed by atoms with E-state index >= 15 is 0 Å². The van der Waals surface area contributed by atoms with E-state index in [1.807, 2.05) is 0 Å². The molecule has 0 aromatic rings. The lowest BCUT2D eigenvalue weighted by Gasteiger charge is -2.33. The van der Waals surface area contributed by atoms with Gasteiger partial charge in [0.25, 0.3) is 0 Å². The van der Waals surface area contributed by atoms with Crippen LogP contribution in [0.4, 0.5) is 0 Å². The third-order valence-electron chi connectivity index (χ3n) is 3.36. The summed E-state index contributed by atoms with van der Waals surface area (Å²) in [5.41, 5.74) is 0.242. The number of nitrogens with one attached hydrogen (secondary N) is 1. The van der Waals surface area contributed by atoms with Crippen LogP contribution in [0.3, 0.4) is 0 Å². The topological polar surface area (TPSA) is 38.3 Å². The lowest BCUT2D eigenvalue weighted by molar-refractivity contribution is -0.122. The fourth-order valence-corrected chi connectivity index (χ4v) is 1.86. The molecule has 1 rings (SSSR count). The van der Waals surface area contributed by atoms with Crippen LogP contribution in [0.25, 0.3) is 0 Å². The molecule has 0 aromatic heterocycles. The van der Waals surface area contributed by atoms with Gasteiger partial charge >= 0.3 is 0 Å². The second-order valence-electron chi connectivity index (χ2n) is 5.63. The van der Waals surface area contributed by atoms with Crippen molar-refractivity contribution in [1.82, 2.24) is 5.32 Å². The minimum Gasteiger partial charge on any atom is -0.381 e. The van der Waals surface area contributed by atoms with Crippen LogP contribution >= 0.6 is 0 Å². The Morgan fingerprint density at radius 3 is 2.56 bits per heavy atom. The van der Waals surface area contributed by atoms with E-state index in [4.69, 9.17) is 4.74 Å². The standard InChI is InChI=1S/C13H25NO2/c1-11(2)4-5-12(15)14-10-13(3)6-8-16-9-7-13/h11H,4-10H2,1-3H3,(H,14,15). The third kappa shape index (κ3) is 4.97. The summed E-state index contributed by atoms with van der Waals surface area (Å²) in [6.07, 6.45) is 3.74. The molecule has 3 heteroatoms. The van der Waals surface area contributed by atoms with Crippen molar-refractivity contribution in [1.29, 1.82) is 0 Å². The first kappa shape index (κ1) is 13.5. The number of rotatable bonds is 5. The molecule has 1 amide bonds. The predicted octanol–water partition coefficient (Wildman–Crippen LogP) is 2.36. The van der Waals surface area contributed by atoms with E-state index in [2.05, 4.69) is 26.1 Å². The van der Waals surface area contributed by atoms with Crippen molar-refractivity contribution in [2.45, 2.75) is 46.5 Å². The van der Waals surface area contributed by atoms with Crippen molar-refractivity contribution in [3.63, 3.8) is 0 Å². The van der Waals surface area contributed by atoms with Gasteiger partial charge in [-0.15, -0.1) is 0 Å². The highest BCUT2D eigenvalue weighted by Crippen LogP contribution is 2.28. The molecule has 0 aliphatic carbocycles. The maximum Gasteiger partial charge on any atom is 0.220 e. The number of hydrogen-bond acceptors (Lipinski definition) is 2. The molecule has 0 aromatic carbocycles. The second-order valence-corrected chi connectivity index (χ2v) is 5.63. The lowest BCUT2D eigenvalue weighted by atomic mass is 9.82. The molecular weight excluding hydrogens is 202 g/mol. The average molecular weight is 227 g/mol. The van der Waals surface area contributed by atoms with Gasteiger partial charge in [0, 0.05) is 26.2 Å². The molecule has 0 atom stereocenters. The zero-order valence-electron chi connectivity index (χ0n) is 10.8.